The lowest BCUT2D eigenvalue weighted by Crippen LogP contribution is -1.72. The van der Waals surface area contributed by atoms with Crippen LogP contribution in [0.1, 0.15) is 19.8 Å². The molecule has 0 aromatic rings. The Morgan fingerprint density at radius 2 is 2.30 bits per heavy atom. The van der Waals surface area contributed by atoms with Crippen LogP contribution in [0, 0.1) is 0 Å². The van der Waals surface area contributed by atoms with Gasteiger partial charge in [-0.3, -0.25) is 4.99 Å². The van der Waals surface area contributed by atoms with Gasteiger partial charge in [0.05, 0.1) is 0 Å². The van der Waals surface area contributed by atoms with Crippen molar-refractivity contribution in [2.75, 3.05) is 12.8 Å². The number of aliphatic imine (C=N–C) groups is 1. The lowest BCUT2D eigenvalue weighted by Gasteiger charge is -1.89. The zero-order valence-corrected chi connectivity index (χ0v) is 7.53. The van der Waals surface area contributed by atoms with Crippen LogP contribution >= 0.6 is 11.8 Å². The first kappa shape index (κ1) is 9.76. The van der Waals surface area contributed by atoms with Crippen LogP contribution in [0.2, 0.25) is 0 Å². The maximum atomic E-state index is 3.83. The fourth-order valence-electron chi connectivity index (χ4n) is 0.472. The molecule has 0 aliphatic rings. The van der Waals surface area contributed by atoms with Crippen molar-refractivity contribution >= 4 is 18.0 Å². The second-order valence-electron chi connectivity index (χ2n) is 1.96. The summed E-state index contributed by atoms with van der Waals surface area (Å²) in [7, 11) is 1.78. The summed E-state index contributed by atoms with van der Waals surface area (Å²) in [6.07, 6.45) is 6.36. The molecule has 0 N–H and O–H groups in total. The third-order valence-electron chi connectivity index (χ3n) is 1.03. The monoisotopic (exact) mass is 157 g/mol. The molecule has 58 valence electrons. The zero-order chi connectivity index (χ0) is 7.66. The second-order valence-corrected chi connectivity index (χ2v) is 2.97. The Labute approximate surface area is 67.6 Å². The van der Waals surface area contributed by atoms with Crippen LogP contribution in [-0.4, -0.2) is 19.0 Å². The molecule has 0 aliphatic heterocycles. The Kier molecular flexibility index (Phi) is 8.55. The number of unbranched alkanes of at least 4 members (excludes halogenated alkanes) is 1. The van der Waals surface area contributed by atoms with E-state index in [1.54, 1.807) is 13.3 Å². The lowest BCUT2D eigenvalue weighted by atomic mass is 10.4. The van der Waals surface area contributed by atoms with Gasteiger partial charge in [0.25, 0.3) is 0 Å². The van der Waals surface area contributed by atoms with Gasteiger partial charge in [-0.15, -0.1) is 11.8 Å². The van der Waals surface area contributed by atoms with Crippen molar-refractivity contribution in [3.8, 4) is 0 Å². The largest absolute Gasteiger partial charge is 0.296 e. The van der Waals surface area contributed by atoms with Crippen LogP contribution in [0.25, 0.3) is 0 Å². The summed E-state index contributed by atoms with van der Waals surface area (Å²) in [5.74, 6) is 1.23. The summed E-state index contributed by atoms with van der Waals surface area (Å²) in [6, 6.07) is 0. The standard InChI is InChI=1S/C8H15NS/c1-3-4-7-10-8-5-6-9-2/h5-6,8H,3-4,7H2,1-2H3/b8-5+,9-6-. The van der Waals surface area contributed by atoms with Crippen LogP contribution in [-0.2, 0) is 0 Å². The van der Waals surface area contributed by atoms with E-state index >= 15 is 0 Å². The van der Waals surface area contributed by atoms with Gasteiger partial charge in [-0.05, 0) is 23.7 Å². The van der Waals surface area contributed by atoms with E-state index in [2.05, 4.69) is 17.3 Å². The molecule has 10 heavy (non-hydrogen) atoms. The molecule has 0 unspecified atom stereocenters. The van der Waals surface area contributed by atoms with E-state index in [9.17, 15) is 0 Å². The van der Waals surface area contributed by atoms with Crippen LogP contribution in [0.5, 0.6) is 0 Å². The maximum absolute atomic E-state index is 3.83. The first-order chi connectivity index (χ1) is 4.91. The minimum atomic E-state index is 1.23. The van der Waals surface area contributed by atoms with Crippen molar-refractivity contribution in [3.05, 3.63) is 11.5 Å². The van der Waals surface area contributed by atoms with Gasteiger partial charge in [0.2, 0.25) is 0 Å². The minimum Gasteiger partial charge on any atom is -0.296 e. The fourth-order valence-corrected chi connectivity index (χ4v) is 1.25. The van der Waals surface area contributed by atoms with Gasteiger partial charge in [-0.2, -0.15) is 0 Å². The Hall–Kier alpha value is -0.240. The predicted molar refractivity (Wildman–Crippen MR) is 50.9 cm³/mol. The molecule has 0 aromatic heterocycles. The normalized spacial score (nSPS) is 11.8. The summed E-state index contributed by atoms with van der Waals surface area (Å²) in [5, 5.41) is 2.09. The van der Waals surface area contributed by atoms with Crippen molar-refractivity contribution in [3.63, 3.8) is 0 Å². The highest BCUT2D eigenvalue weighted by Gasteiger charge is 1.79. The van der Waals surface area contributed by atoms with E-state index in [0.29, 0.717) is 0 Å². The van der Waals surface area contributed by atoms with Crippen LogP contribution < -0.4 is 0 Å². The highest BCUT2D eigenvalue weighted by atomic mass is 32.2. The molecule has 0 radical (unpaired) electrons. The van der Waals surface area contributed by atoms with E-state index < -0.39 is 0 Å². The van der Waals surface area contributed by atoms with Crippen molar-refractivity contribution < 1.29 is 0 Å². The number of hydrogen-bond donors (Lipinski definition) is 0. The minimum absolute atomic E-state index is 1.23. The Balaban J connectivity index is 3.02. The Morgan fingerprint density at radius 1 is 1.50 bits per heavy atom. The summed E-state index contributed by atoms with van der Waals surface area (Å²) in [5.41, 5.74) is 0. The molecule has 0 fully saturated rings. The van der Waals surface area contributed by atoms with E-state index in [1.807, 2.05) is 17.8 Å². The molecule has 1 nitrogen and oxygen atoms in total. The molecular weight excluding hydrogens is 142 g/mol. The fraction of sp³-hybridized carbons (Fsp3) is 0.625. The molecule has 0 aliphatic carbocycles. The van der Waals surface area contributed by atoms with Gasteiger partial charge in [0.15, 0.2) is 0 Å². The average Bonchev–Trinajstić information content (AvgIpc) is 1.97. The number of hydrogen-bond acceptors (Lipinski definition) is 2. The smallest absolute Gasteiger partial charge is 0.0277 e. The van der Waals surface area contributed by atoms with Gasteiger partial charge in [-0.1, -0.05) is 13.3 Å². The number of thioether (sulfide) groups is 1. The predicted octanol–water partition coefficient (Wildman–Crippen LogP) is 2.73. The average molecular weight is 157 g/mol. The van der Waals surface area contributed by atoms with E-state index in [1.165, 1.54) is 18.6 Å². The summed E-state index contributed by atoms with van der Waals surface area (Å²) >= 11 is 1.85. The van der Waals surface area contributed by atoms with Crippen LogP contribution in [0.4, 0.5) is 0 Å². The number of allylic oxidation sites excluding steroid dienone is 1. The molecular formula is C8H15NS. The molecule has 2 heteroatoms. The van der Waals surface area contributed by atoms with Crippen LogP contribution in [0.15, 0.2) is 16.5 Å². The summed E-state index contributed by atoms with van der Waals surface area (Å²) < 4.78 is 0. The SMILES string of the molecule is CCCCS/C=C/C=N\C. The molecule has 0 amide bonds. The Morgan fingerprint density at radius 3 is 2.90 bits per heavy atom. The molecule has 0 saturated heterocycles. The number of nitrogens with zero attached hydrogens (tertiary/aromatic N) is 1. The quantitative estimate of drug-likeness (QED) is 0.441. The Bertz CT molecular complexity index is 108. The van der Waals surface area contributed by atoms with Gasteiger partial charge in [-0.25, -0.2) is 0 Å². The van der Waals surface area contributed by atoms with Crippen molar-refractivity contribution in [1.82, 2.24) is 0 Å². The molecule has 0 aromatic carbocycles. The maximum Gasteiger partial charge on any atom is 0.0277 e. The van der Waals surface area contributed by atoms with E-state index in [0.717, 1.165) is 0 Å². The van der Waals surface area contributed by atoms with Gasteiger partial charge < -0.3 is 0 Å². The third-order valence-corrected chi connectivity index (χ3v) is 1.90. The summed E-state index contributed by atoms with van der Waals surface area (Å²) in [6.45, 7) is 2.21. The molecule has 0 atom stereocenters. The number of rotatable bonds is 5. The van der Waals surface area contributed by atoms with Crippen LogP contribution in [0.3, 0.4) is 0 Å². The molecule has 0 spiro atoms. The lowest BCUT2D eigenvalue weighted by molar-refractivity contribution is 0.898. The van der Waals surface area contributed by atoms with Crippen molar-refractivity contribution in [2.45, 2.75) is 19.8 Å². The first-order valence-corrected chi connectivity index (χ1v) is 4.65. The molecule has 0 bridgehead atoms. The van der Waals surface area contributed by atoms with Gasteiger partial charge in [0, 0.05) is 13.3 Å². The molecule has 0 heterocycles. The molecule has 0 rings (SSSR count). The zero-order valence-electron chi connectivity index (χ0n) is 6.71. The highest BCUT2D eigenvalue weighted by Crippen LogP contribution is 2.04. The van der Waals surface area contributed by atoms with Gasteiger partial charge in [0.1, 0.15) is 0 Å². The van der Waals surface area contributed by atoms with Crippen molar-refractivity contribution in [1.29, 1.82) is 0 Å². The first-order valence-electron chi connectivity index (χ1n) is 3.60. The van der Waals surface area contributed by atoms with E-state index in [-0.39, 0.29) is 0 Å². The topological polar surface area (TPSA) is 12.4 Å². The van der Waals surface area contributed by atoms with E-state index in [4.69, 9.17) is 0 Å². The summed E-state index contributed by atoms with van der Waals surface area (Å²) in [4.78, 5) is 3.83. The van der Waals surface area contributed by atoms with Crippen molar-refractivity contribution in [2.24, 2.45) is 4.99 Å². The highest BCUT2D eigenvalue weighted by molar-refractivity contribution is 8.02. The second kappa shape index (κ2) is 8.76. The van der Waals surface area contributed by atoms with Gasteiger partial charge >= 0.3 is 0 Å². The third kappa shape index (κ3) is 7.76. The molecule has 0 saturated carbocycles.